The number of anilines is 1. The maximum atomic E-state index is 5.75. The molecular weight excluding hydrogens is 206 g/mol. The van der Waals surface area contributed by atoms with Gasteiger partial charge in [0.15, 0.2) is 0 Å². The Labute approximate surface area is 96.1 Å². The molecule has 0 aliphatic carbocycles. The molecule has 0 amide bonds. The number of piperazine rings is 1. The lowest BCUT2D eigenvalue weighted by Gasteiger charge is -2.33. The van der Waals surface area contributed by atoms with Gasteiger partial charge < -0.3 is 11.1 Å². The molecule has 1 aliphatic heterocycles. The third kappa shape index (κ3) is 2.27. The monoisotopic (exact) mass is 223 g/mol. The third-order valence-corrected chi connectivity index (χ3v) is 3.34. The Morgan fingerprint density at radius 1 is 1.53 bits per heavy atom. The van der Waals surface area contributed by atoms with Crippen LogP contribution in [0, 0.1) is 0 Å². The SMILES string of the molecule is CN1CCNCC1c1ccc(N)c(S)c1. The fraction of sp³-hybridized carbons (Fsp3) is 0.455. The molecule has 4 heteroatoms. The van der Waals surface area contributed by atoms with E-state index in [-0.39, 0.29) is 0 Å². The second kappa shape index (κ2) is 4.43. The summed E-state index contributed by atoms with van der Waals surface area (Å²) in [5.74, 6) is 0. The smallest absolute Gasteiger partial charge is 0.0470 e. The zero-order chi connectivity index (χ0) is 10.8. The minimum Gasteiger partial charge on any atom is -0.398 e. The Bertz CT molecular complexity index is 354. The number of rotatable bonds is 1. The summed E-state index contributed by atoms with van der Waals surface area (Å²) >= 11 is 4.35. The lowest BCUT2D eigenvalue weighted by molar-refractivity contribution is 0.202. The molecule has 1 aromatic rings. The van der Waals surface area contributed by atoms with Crippen molar-refractivity contribution < 1.29 is 0 Å². The van der Waals surface area contributed by atoms with E-state index in [2.05, 4.69) is 42.0 Å². The largest absolute Gasteiger partial charge is 0.398 e. The predicted molar refractivity (Wildman–Crippen MR) is 66.3 cm³/mol. The van der Waals surface area contributed by atoms with Gasteiger partial charge in [-0.3, -0.25) is 4.90 Å². The van der Waals surface area contributed by atoms with Gasteiger partial charge in [-0.2, -0.15) is 0 Å². The van der Waals surface area contributed by atoms with Crippen LogP contribution < -0.4 is 11.1 Å². The zero-order valence-electron chi connectivity index (χ0n) is 8.90. The Kier molecular flexibility index (Phi) is 3.19. The van der Waals surface area contributed by atoms with Crippen LogP contribution in [0.5, 0.6) is 0 Å². The summed E-state index contributed by atoms with van der Waals surface area (Å²) in [5, 5.41) is 3.40. The van der Waals surface area contributed by atoms with Gasteiger partial charge in [-0.15, -0.1) is 12.6 Å². The van der Waals surface area contributed by atoms with Crippen molar-refractivity contribution in [2.45, 2.75) is 10.9 Å². The number of hydrogen-bond acceptors (Lipinski definition) is 4. The van der Waals surface area contributed by atoms with Gasteiger partial charge >= 0.3 is 0 Å². The van der Waals surface area contributed by atoms with Crippen LogP contribution in [0.1, 0.15) is 11.6 Å². The molecule has 1 heterocycles. The first-order valence-corrected chi connectivity index (χ1v) is 5.62. The molecule has 82 valence electrons. The van der Waals surface area contributed by atoms with Crippen LogP contribution in [-0.2, 0) is 0 Å². The number of likely N-dealkylation sites (N-methyl/N-ethyl adjacent to an activating group) is 1. The highest BCUT2D eigenvalue weighted by atomic mass is 32.1. The summed E-state index contributed by atoms with van der Waals surface area (Å²) in [4.78, 5) is 3.22. The summed E-state index contributed by atoms with van der Waals surface area (Å²) in [6.45, 7) is 3.14. The van der Waals surface area contributed by atoms with Crippen LogP contribution in [0.15, 0.2) is 23.1 Å². The van der Waals surface area contributed by atoms with Crippen LogP contribution >= 0.6 is 12.6 Å². The number of nitrogen functional groups attached to an aromatic ring is 1. The average molecular weight is 223 g/mol. The lowest BCUT2D eigenvalue weighted by atomic mass is 10.0. The molecule has 3 N–H and O–H groups in total. The van der Waals surface area contributed by atoms with E-state index in [1.807, 2.05) is 6.07 Å². The Balaban J connectivity index is 2.24. The van der Waals surface area contributed by atoms with Crippen molar-refractivity contribution in [1.29, 1.82) is 0 Å². The first kappa shape index (κ1) is 10.8. The first-order chi connectivity index (χ1) is 7.18. The topological polar surface area (TPSA) is 41.3 Å². The van der Waals surface area contributed by atoms with E-state index in [4.69, 9.17) is 5.73 Å². The summed E-state index contributed by atoms with van der Waals surface area (Å²) < 4.78 is 0. The zero-order valence-corrected chi connectivity index (χ0v) is 9.80. The first-order valence-electron chi connectivity index (χ1n) is 5.18. The molecule has 0 bridgehead atoms. The molecular formula is C11H17N3S. The molecule has 0 saturated carbocycles. The van der Waals surface area contributed by atoms with Crippen LogP contribution in [0.25, 0.3) is 0 Å². The summed E-state index contributed by atoms with van der Waals surface area (Å²) in [6.07, 6.45) is 0. The molecule has 15 heavy (non-hydrogen) atoms. The van der Waals surface area contributed by atoms with Gasteiger partial charge in [-0.1, -0.05) is 6.07 Å². The Morgan fingerprint density at radius 3 is 3.00 bits per heavy atom. The van der Waals surface area contributed by atoms with Gasteiger partial charge in [0.2, 0.25) is 0 Å². The maximum absolute atomic E-state index is 5.75. The molecule has 2 rings (SSSR count). The van der Waals surface area contributed by atoms with Gasteiger partial charge in [-0.25, -0.2) is 0 Å². The molecule has 1 atom stereocenters. The van der Waals surface area contributed by atoms with E-state index >= 15 is 0 Å². The number of benzene rings is 1. The standard InChI is InChI=1S/C11H17N3S/c1-14-5-4-13-7-10(14)8-2-3-9(12)11(15)6-8/h2-3,6,10,13,15H,4-5,7,12H2,1H3. The summed E-state index contributed by atoms with van der Waals surface area (Å²) in [7, 11) is 2.15. The molecule has 1 saturated heterocycles. The second-order valence-electron chi connectivity index (χ2n) is 4.02. The molecule has 1 aliphatic rings. The molecule has 1 aromatic carbocycles. The van der Waals surface area contributed by atoms with Crippen molar-refractivity contribution in [3.63, 3.8) is 0 Å². The Morgan fingerprint density at radius 2 is 2.33 bits per heavy atom. The van der Waals surface area contributed by atoms with E-state index in [9.17, 15) is 0 Å². The molecule has 0 spiro atoms. The normalized spacial score (nSPS) is 22.9. The molecule has 0 aromatic heterocycles. The van der Waals surface area contributed by atoms with Crippen molar-refractivity contribution in [3.05, 3.63) is 23.8 Å². The number of nitrogens with two attached hydrogens (primary N) is 1. The van der Waals surface area contributed by atoms with E-state index in [0.717, 1.165) is 30.2 Å². The average Bonchev–Trinajstić information content (AvgIpc) is 2.23. The van der Waals surface area contributed by atoms with E-state index in [1.165, 1.54) is 5.56 Å². The van der Waals surface area contributed by atoms with Gasteiger partial charge in [0.25, 0.3) is 0 Å². The van der Waals surface area contributed by atoms with E-state index in [0.29, 0.717) is 6.04 Å². The van der Waals surface area contributed by atoms with Crippen LogP contribution in [-0.4, -0.2) is 31.6 Å². The number of nitrogens with one attached hydrogen (secondary N) is 1. The van der Waals surface area contributed by atoms with Crippen molar-refractivity contribution >= 4 is 18.3 Å². The van der Waals surface area contributed by atoms with Gasteiger partial charge in [-0.05, 0) is 24.7 Å². The minimum atomic E-state index is 0.435. The number of nitrogens with zero attached hydrogens (tertiary/aromatic N) is 1. The van der Waals surface area contributed by atoms with E-state index < -0.39 is 0 Å². The highest BCUT2D eigenvalue weighted by molar-refractivity contribution is 7.80. The Hall–Kier alpha value is -0.710. The lowest BCUT2D eigenvalue weighted by Crippen LogP contribution is -2.43. The predicted octanol–water partition coefficient (Wildman–Crippen LogP) is 1.13. The maximum Gasteiger partial charge on any atom is 0.0470 e. The van der Waals surface area contributed by atoms with Crippen LogP contribution in [0.4, 0.5) is 5.69 Å². The summed E-state index contributed by atoms with van der Waals surface area (Å²) in [6, 6.07) is 6.51. The van der Waals surface area contributed by atoms with Crippen molar-refractivity contribution in [2.75, 3.05) is 32.4 Å². The molecule has 1 fully saturated rings. The molecule has 1 unspecified atom stereocenters. The van der Waals surface area contributed by atoms with Gasteiger partial charge in [0.1, 0.15) is 0 Å². The van der Waals surface area contributed by atoms with Gasteiger partial charge in [0.05, 0.1) is 0 Å². The van der Waals surface area contributed by atoms with Crippen molar-refractivity contribution in [2.24, 2.45) is 0 Å². The summed E-state index contributed by atoms with van der Waals surface area (Å²) in [5.41, 5.74) is 7.77. The molecule has 3 nitrogen and oxygen atoms in total. The van der Waals surface area contributed by atoms with Crippen molar-refractivity contribution in [3.8, 4) is 0 Å². The quantitative estimate of drug-likeness (QED) is 0.494. The van der Waals surface area contributed by atoms with Crippen molar-refractivity contribution in [1.82, 2.24) is 10.2 Å². The fourth-order valence-corrected chi connectivity index (χ4v) is 2.17. The second-order valence-corrected chi connectivity index (χ2v) is 4.50. The fourth-order valence-electron chi connectivity index (χ4n) is 1.95. The third-order valence-electron chi connectivity index (χ3n) is 2.95. The number of thiol groups is 1. The minimum absolute atomic E-state index is 0.435. The van der Waals surface area contributed by atoms with E-state index in [1.54, 1.807) is 0 Å². The number of hydrogen-bond donors (Lipinski definition) is 3. The molecule has 0 radical (unpaired) electrons. The van der Waals surface area contributed by atoms with Crippen LogP contribution in [0.3, 0.4) is 0 Å². The van der Waals surface area contributed by atoms with Gasteiger partial charge in [0, 0.05) is 36.3 Å². The highest BCUT2D eigenvalue weighted by Gasteiger charge is 2.20. The highest BCUT2D eigenvalue weighted by Crippen LogP contribution is 2.25. The van der Waals surface area contributed by atoms with Crippen LogP contribution in [0.2, 0.25) is 0 Å².